The summed E-state index contributed by atoms with van der Waals surface area (Å²) in [6, 6.07) is 5.76. The van der Waals surface area contributed by atoms with Crippen LogP contribution in [0.25, 0.3) is 0 Å². The Balaban J connectivity index is 3.33. The molecule has 84 valence electrons. The van der Waals surface area contributed by atoms with Crippen molar-refractivity contribution in [3.63, 3.8) is 0 Å². The van der Waals surface area contributed by atoms with Crippen molar-refractivity contribution < 1.29 is 9.47 Å². The fraction of sp³-hybridized carbons (Fsp3) is 0.455. The lowest BCUT2D eigenvalue weighted by molar-refractivity contribution is 0.00760. The van der Waals surface area contributed by atoms with Crippen LogP contribution in [-0.2, 0) is 10.3 Å². The van der Waals surface area contributed by atoms with Gasteiger partial charge in [0.25, 0.3) is 0 Å². The summed E-state index contributed by atoms with van der Waals surface area (Å²) in [6.45, 7) is 2.33. The normalized spacial score (nSPS) is 14.7. The third-order valence-electron chi connectivity index (χ3n) is 2.56. The van der Waals surface area contributed by atoms with Gasteiger partial charge in [-0.05, 0) is 19.1 Å². The Morgan fingerprint density at radius 2 is 2.07 bits per heavy atom. The summed E-state index contributed by atoms with van der Waals surface area (Å²) >= 11 is 3.49. The van der Waals surface area contributed by atoms with Crippen molar-refractivity contribution in [1.29, 1.82) is 0 Å². The Kier molecular flexibility index (Phi) is 4.13. The number of ether oxygens (including phenoxy) is 2. The van der Waals surface area contributed by atoms with Crippen molar-refractivity contribution in [3.05, 3.63) is 28.2 Å². The number of benzene rings is 1. The first kappa shape index (κ1) is 12.5. The van der Waals surface area contributed by atoms with E-state index in [9.17, 15) is 0 Å². The molecule has 0 aromatic heterocycles. The number of halogens is 1. The Bertz CT molecular complexity index is 337. The van der Waals surface area contributed by atoms with Crippen LogP contribution < -0.4 is 10.5 Å². The minimum absolute atomic E-state index is 0.391. The first-order valence-electron chi connectivity index (χ1n) is 4.67. The largest absolute Gasteiger partial charge is 0.496 e. The topological polar surface area (TPSA) is 44.5 Å². The van der Waals surface area contributed by atoms with Gasteiger partial charge in [-0.3, -0.25) is 0 Å². The lowest BCUT2D eigenvalue weighted by Crippen LogP contribution is -2.34. The molecule has 0 fully saturated rings. The third kappa shape index (κ3) is 2.33. The van der Waals surface area contributed by atoms with Crippen LogP contribution in [0.2, 0.25) is 0 Å². The van der Waals surface area contributed by atoms with E-state index in [2.05, 4.69) is 15.9 Å². The van der Waals surface area contributed by atoms with E-state index in [1.54, 1.807) is 14.2 Å². The maximum Gasteiger partial charge on any atom is 0.126 e. The van der Waals surface area contributed by atoms with Gasteiger partial charge >= 0.3 is 0 Å². The van der Waals surface area contributed by atoms with Gasteiger partial charge in [0.2, 0.25) is 0 Å². The third-order valence-corrected chi connectivity index (χ3v) is 3.23. The van der Waals surface area contributed by atoms with E-state index in [1.165, 1.54) is 0 Å². The first-order valence-corrected chi connectivity index (χ1v) is 5.46. The fourth-order valence-electron chi connectivity index (χ4n) is 1.48. The average molecular weight is 274 g/mol. The molecule has 1 aromatic carbocycles. The SMILES string of the molecule is COc1cccc(Br)c1C(C)(CN)OC. The summed E-state index contributed by atoms with van der Waals surface area (Å²) in [7, 11) is 3.28. The maximum atomic E-state index is 5.74. The van der Waals surface area contributed by atoms with Gasteiger partial charge in [0.05, 0.1) is 7.11 Å². The van der Waals surface area contributed by atoms with Gasteiger partial charge in [0, 0.05) is 23.7 Å². The molecule has 15 heavy (non-hydrogen) atoms. The summed E-state index contributed by atoms with van der Waals surface area (Å²) in [4.78, 5) is 0. The lowest BCUT2D eigenvalue weighted by Gasteiger charge is -2.29. The molecule has 0 heterocycles. The summed E-state index contributed by atoms with van der Waals surface area (Å²) in [5, 5.41) is 0. The van der Waals surface area contributed by atoms with Gasteiger partial charge in [0.1, 0.15) is 11.4 Å². The molecule has 0 bridgehead atoms. The van der Waals surface area contributed by atoms with Crippen molar-refractivity contribution in [1.82, 2.24) is 0 Å². The Labute approximate surface area is 98.7 Å². The Morgan fingerprint density at radius 1 is 1.40 bits per heavy atom. The molecule has 0 saturated carbocycles. The first-order chi connectivity index (χ1) is 7.09. The zero-order valence-electron chi connectivity index (χ0n) is 9.21. The standard InChI is InChI=1S/C11H16BrNO2/c1-11(7-13,15-3)10-8(12)5-4-6-9(10)14-2/h4-6H,7,13H2,1-3H3. The molecule has 0 amide bonds. The quantitative estimate of drug-likeness (QED) is 0.916. The van der Waals surface area contributed by atoms with Crippen molar-refractivity contribution in [3.8, 4) is 5.75 Å². The van der Waals surface area contributed by atoms with Gasteiger partial charge in [-0.1, -0.05) is 22.0 Å². The summed E-state index contributed by atoms with van der Waals surface area (Å²) in [6.07, 6.45) is 0. The van der Waals surface area contributed by atoms with E-state index in [0.717, 1.165) is 15.8 Å². The van der Waals surface area contributed by atoms with E-state index < -0.39 is 5.60 Å². The molecule has 3 nitrogen and oxygen atoms in total. The molecule has 0 spiro atoms. The minimum Gasteiger partial charge on any atom is -0.496 e. The van der Waals surface area contributed by atoms with E-state index in [4.69, 9.17) is 15.2 Å². The molecule has 2 N–H and O–H groups in total. The van der Waals surface area contributed by atoms with Gasteiger partial charge in [-0.25, -0.2) is 0 Å². The predicted octanol–water partition coefficient (Wildman–Crippen LogP) is 2.28. The number of methoxy groups -OCH3 is 2. The van der Waals surface area contributed by atoms with Crippen molar-refractivity contribution >= 4 is 15.9 Å². The monoisotopic (exact) mass is 273 g/mol. The molecule has 4 heteroatoms. The average Bonchev–Trinajstić information content (AvgIpc) is 2.27. The van der Waals surface area contributed by atoms with Crippen LogP contribution in [-0.4, -0.2) is 20.8 Å². The van der Waals surface area contributed by atoms with E-state index in [-0.39, 0.29) is 0 Å². The zero-order chi connectivity index (χ0) is 11.5. The van der Waals surface area contributed by atoms with Crippen molar-refractivity contribution in [2.24, 2.45) is 5.73 Å². The molecule has 1 aromatic rings. The van der Waals surface area contributed by atoms with Gasteiger partial charge in [-0.15, -0.1) is 0 Å². The van der Waals surface area contributed by atoms with E-state index in [0.29, 0.717) is 6.54 Å². The lowest BCUT2D eigenvalue weighted by atomic mass is 9.95. The van der Waals surface area contributed by atoms with Crippen LogP contribution in [0.1, 0.15) is 12.5 Å². The second-order valence-electron chi connectivity index (χ2n) is 3.46. The van der Waals surface area contributed by atoms with Gasteiger partial charge < -0.3 is 15.2 Å². The number of nitrogens with two attached hydrogens (primary N) is 1. The highest BCUT2D eigenvalue weighted by molar-refractivity contribution is 9.10. The summed E-state index contributed by atoms with van der Waals surface area (Å²) < 4.78 is 11.7. The maximum absolute atomic E-state index is 5.74. The fourth-order valence-corrected chi connectivity index (χ4v) is 2.24. The van der Waals surface area contributed by atoms with E-state index >= 15 is 0 Å². The number of hydrogen-bond donors (Lipinski definition) is 1. The zero-order valence-corrected chi connectivity index (χ0v) is 10.8. The highest BCUT2D eigenvalue weighted by Crippen LogP contribution is 2.37. The molecule has 1 unspecified atom stereocenters. The second kappa shape index (κ2) is 4.96. The number of hydrogen-bond acceptors (Lipinski definition) is 3. The summed E-state index contributed by atoms with van der Waals surface area (Å²) in [5.41, 5.74) is 6.15. The highest BCUT2D eigenvalue weighted by atomic mass is 79.9. The van der Waals surface area contributed by atoms with Gasteiger partial charge in [-0.2, -0.15) is 0 Å². The smallest absolute Gasteiger partial charge is 0.126 e. The molecule has 0 aliphatic heterocycles. The molecule has 0 aliphatic carbocycles. The van der Waals surface area contributed by atoms with Crippen LogP contribution in [0.15, 0.2) is 22.7 Å². The summed E-state index contributed by atoms with van der Waals surface area (Å²) in [5.74, 6) is 0.777. The highest BCUT2D eigenvalue weighted by Gasteiger charge is 2.30. The second-order valence-corrected chi connectivity index (χ2v) is 4.31. The van der Waals surface area contributed by atoms with Crippen LogP contribution in [0.5, 0.6) is 5.75 Å². The Morgan fingerprint density at radius 3 is 2.53 bits per heavy atom. The molecule has 0 saturated heterocycles. The predicted molar refractivity (Wildman–Crippen MR) is 64.1 cm³/mol. The van der Waals surface area contributed by atoms with Crippen LogP contribution in [0.3, 0.4) is 0 Å². The van der Waals surface area contributed by atoms with Crippen LogP contribution in [0, 0.1) is 0 Å². The van der Waals surface area contributed by atoms with Crippen LogP contribution in [0.4, 0.5) is 0 Å². The van der Waals surface area contributed by atoms with E-state index in [1.807, 2.05) is 25.1 Å². The minimum atomic E-state index is -0.536. The van der Waals surface area contributed by atoms with Crippen molar-refractivity contribution in [2.45, 2.75) is 12.5 Å². The molecule has 0 radical (unpaired) electrons. The Hall–Kier alpha value is -0.580. The molecular weight excluding hydrogens is 258 g/mol. The van der Waals surface area contributed by atoms with Gasteiger partial charge in [0.15, 0.2) is 0 Å². The van der Waals surface area contributed by atoms with Crippen LogP contribution >= 0.6 is 15.9 Å². The van der Waals surface area contributed by atoms with Crippen molar-refractivity contribution in [2.75, 3.05) is 20.8 Å². The molecule has 1 atom stereocenters. The number of rotatable bonds is 4. The molecular formula is C11H16BrNO2. The molecule has 0 aliphatic rings. The molecule has 1 rings (SSSR count).